The zero-order valence-electron chi connectivity index (χ0n) is 12.7. The maximum absolute atomic E-state index is 12.7. The molecule has 3 saturated heterocycles. The number of rotatable bonds is 3. The van der Waals surface area contributed by atoms with Crippen LogP contribution in [0.1, 0.15) is 38.5 Å². The van der Waals surface area contributed by atoms with Gasteiger partial charge in [0.1, 0.15) is 0 Å². The first-order valence-corrected chi connectivity index (χ1v) is 8.61. The molecular formula is C16H26N2O3. The van der Waals surface area contributed by atoms with Gasteiger partial charge in [0.05, 0.1) is 18.6 Å². The molecule has 3 atom stereocenters. The molecule has 0 unspecified atom stereocenters. The Kier molecular flexibility index (Phi) is 3.90. The number of hydrogen-bond donors (Lipinski definition) is 0. The molecule has 1 amide bonds. The van der Waals surface area contributed by atoms with E-state index in [4.69, 9.17) is 9.57 Å². The van der Waals surface area contributed by atoms with E-state index in [0.29, 0.717) is 12.6 Å². The highest BCUT2D eigenvalue weighted by Gasteiger charge is 2.44. The summed E-state index contributed by atoms with van der Waals surface area (Å²) in [5.74, 6) is 1.11. The average molecular weight is 294 g/mol. The van der Waals surface area contributed by atoms with Crippen molar-refractivity contribution < 1.29 is 14.4 Å². The number of hydrogen-bond acceptors (Lipinski definition) is 4. The Bertz CT molecular complexity index is 393. The zero-order chi connectivity index (χ0) is 14.2. The van der Waals surface area contributed by atoms with Crippen LogP contribution in [0.5, 0.6) is 0 Å². The minimum Gasteiger partial charge on any atom is -0.377 e. The van der Waals surface area contributed by atoms with Gasteiger partial charge in [0.25, 0.3) is 5.91 Å². The number of hydroxylamine groups is 2. The molecule has 4 rings (SSSR count). The maximum atomic E-state index is 12.7. The van der Waals surface area contributed by atoms with Gasteiger partial charge in [0.15, 0.2) is 0 Å². The summed E-state index contributed by atoms with van der Waals surface area (Å²) < 4.78 is 5.90. The molecule has 3 aliphatic heterocycles. The number of nitrogens with zero attached hydrogens (tertiary/aromatic N) is 2. The molecule has 1 aliphatic carbocycles. The fourth-order valence-electron chi connectivity index (χ4n) is 4.05. The molecule has 0 N–H and O–H groups in total. The van der Waals surface area contributed by atoms with Crippen LogP contribution >= 0.6 is 0 Å². The fourth-order valence-corrected chi connectivity index (χ4v) is 4.05. The number of likely N-dealkylation sites (tertiary alicyclic amines) is 1. The van der Waals surface area contributed by atoms with Gasteiger partial charge in [-0.2, -0.15) is 0 Å². The molecular weight excluding hydrogens is 268 g/mol. The highest BCUT2D eigenvalue weighted by Crippen LogP contribution is 2.37. The molecule has 0 aromatic carbocycles. The first kappa shape index (κ1) is 14.0. The number of carbonyl (C=O) groups is 1. The van der Waals surface area contributed by atoms with E-state index in [1.807, 2.05) is 0 Å². The van der Waals surface area contributed by atoms with E-state index in [1.165, 1.54) is 12.8 Å². The Morgan fingerprint density at radius 3 is 2.81 bits per heavy atom. The van der Waals surface area contributed by atoms with E-state index in [0.717, 1.165) is 57.8 Å². The van der Waals surface area contributed by atoms with Gasteiger partial charge in [-0.1, -0.05) is 0 Å². The average Bonchev–Trinajstić information content (AvgIpc) is 3.21. The molecule has 0 aromatic rings. The molecule has 0 spiro atoms. The lowest BCUT2D eigenvalue weighted by molar-refractivity contribution is -0.204. The smallest absolute Gasteiger partial charge is 0.250 e. The maximum Gasteiger partial charge on any atom is 0.250 e. The summed E-state index contributed by atoms with van der Waals surface area (Å²) in [6.45, 7) is 4.37. The van der Waals surface area contributed by atoms with Crippen LogP contribution in [-0.4, -0.2) is 60.9 Å². The second-order valence-electron chi connectivity index (χ2n) is 7.08. The number of ether oxygens (including phenoxy) is 1. The van der Waals surface area contributed by atoms with Crippen molar-refractivity contribution in [3.63, 3.8) is 0 Å². The first-order valence-electron chi connectivity index (χ1n) is 8.61. The zero-order valence-corrected chi connectivity index (χ0v) is 12.7. The number of piperidine rings is 1. The van der Waals surface area contributed by atoms with E-state index in [2.05, 4.69) is 4.90 Å². The van der Waals surface area contributed by atoms with E-state index < -0.39 is 0 Å². The predicted octanol–water partition coefficient (Wildman–Crippen LogP) is 1.43. The van der Waals surface area contributed by atoms with Crippen LogP contribution in [0.4, 0.5) is 0 Å². The molecule has 4 fully saturated rings. The molecule has 5 heteroatoms. The molecule has 21 heavy (non-hydrogen) atoms. The number of fused-ring (bicyclic) bond motifs is 1. The Morgan fingerprint density at radius 1 is 1.14 bits per heavy atom. The van der Waals surface area contributed by atoms with Crippen LogP contribution < -0.4 is 0 Å². The number of carbonyl (C=O) groups excluding carboxylic acids is 1. The second kappa shape index (κ2) is 5.86. The van der Waals surface area contributed by atoms with Crippen LogP contribution in [0, 0.1) is 11.8 Å². The summed E-state index contributed by atoms with van der Waals surface area (Å²) in [6, 6.07) is 0.553. The summed E-state index contributed by atoms with van der Waals surface area (Å²) in [5, 5.41) is 1.62. The van der Waals surface area contributed by atoms with Gasteiger partial charge in [0, 0.05) is 32.3 Å². The van der Waals surface area contributed by atoms with Crippen molar-refractivity contribution in [2.45, 2.75) is 50.7 Å². The molecule has 118 valence electrons. The SMILES string of the molecule is O=C([C@H]1C[C@H]2OCC[C@H]2N(CC2CC2)C1)N1CCCCO1. The third kappa shape index (κ3) is 2.96. The van der Waals surface area contributed by atoms with E-state index >= 15 is 0 Å². The van der Waals surface area contributed by atoms with Gasteiger partial charge in [-0.3, -0.25) is 14.5 Å². The van der Waals surface area contributed by atoms with Crippen molar-refractivity contribution in [3.05, 3.63) is 0 Å². The lowest BCUT2D eigenvalue weighted by atomic mass is 9.89. The fraction of sp³-hybridized carbons (Fsp3) is 0.938. The Balaban J connectivity index is 1.43. The van der Waals surface area contributed by atoms with Crippen molar-refractivity contribution in [3.8, 4) is 0 Å². The van der Waals surface area contributed by atoms with Crippen LogP contribution in [0.3, 0.4) is 0 Å². The third-order valence-electron chi connectivity index (χ3n) is 5.40. The van der Waals surface area contributed by atoms with Gasteiger partial charge in [0.2, 0.25) is 0 Å². The highest BCUT2D eigenvalue weighted by molar-refractivity contribution is 5.78. The van der Waals surface area contributed by atoms with Gasteiger partial charge >= 0.3 is 0 Å². The summed E-state index contributed by atoms with van der Waals surface area (Å²) >= 11 is 0. The summed E-state index contributed by atoms with van der Waals surface area (Å²) in [4.78, 5) is 20.8. The minimum atomic E-state index is 0.0567. The van der Waals surface area contributed by atoms with E-state index in [-0.39, 0.29) is 17.9 Å². The molecule has 4 aliphatic rings. The molecule has 1 saturated carbocycles. The molecule has 3 heterocycles. The predicted molar refractivity (Wildman–Crippen MR) is 77.4 cm³/mol. The monoisotopic (exact) mass is 294 g/mol. The van der Waals surface area contributed by atoms with Crippen LogP contribution in [0.2, 0.25) is 0 Å². The van der Waals surface area contributed by atoms with Gasteiger partial charge in [-0.15, -0.1) is 0 Å². The van der Waals surface area contributed by atoms with Crippen molar-refractivity contribution >= 4 is 5.91 Å². The molecule has 0 aromatic heterocycles. The van der Waals surface area contributed by atoms with Crippen molar-refractivity contribution in [1.82, 2.24) is 9.96 Å². The van der Waals surface area contributed by atoms with Crippen LogP contribution in [0.15, 0.2) is 0 Å². The summed E-state index contributed by atoms with van der Waals surface area (Å²) in [7, 11) is 0. The van der Waals surface area contributed by atoms with E-state index in [9.17, 15) is 4.79 Å². The highest BCUT2D eigenvalue weighted by atomic mass is 16.7. The Morgan fingerprint density at radius 2 is 2.05 bits per heavy atom. The quantitative estimate of drug-likeness (QED) is 0.790. The van der Waals surface area contributed by atoms with Gasteiger partial charge in [-0.25, -0.2) is 5.06 Å². The normalized spacial score (nSPS) is 37.5. The third-order valence-corrected chi connectivity index (χ3v) is 5.40. The van der Waals surface area contributed by atoms with Crippen LogP contribution in [-0.2, 0) is 14.4 Å². The Labute approximate surface area is 126 Å². The molecule has 0 radical (unpaired) electrons. The second-order valence-corrected chi connectivity index (χ2v) is 7.08. The first-order chi connectivity index (χ1) is 10.3. The lowest BCUT2D eigenvalue weighted by Gasteiger charge is -2.41. The summed E-state index contributed by atoms with van der Waals surface area (Å²) in [5.41, 5.74) is 0. The van der Waals surface area contributed by atoms with Crippen LogP contribution in [0.25, 0.3) is 0 Å². The van der Waals surface area contributed by atoms with E-state index in [1.54, 1.807) is 5.06 Å². The minimum absolute atomic E-state index is 0.0567. The Hall–Kier alpha value is -0.650. The number of amides is 1. The van der Waals surface area contributed by atoms with Crippen molar-refractivity contribution in [2.24, 2.45) is 11.8 Å². The summed E-state index contributed by atoms with van der Waals surface area (Å²) in [6.07, 6.45) is 7.13. The van der Waals surface area contributed by atoms with Gasteiger partial charge < -0.3 is 4.74 Å². The standard InChI is InChI=1S/C16H26N2O3/c19-16(18-6-1-2-7-21-18)13-9-15-14(5-8-20-15)17(11-13)10-12-3-4-12/h12-15H,1-11H2/t13-,14+,15+/m0/s1. The molecule has 5 nitrogen and oxygen atoms in total. The van der Waals surface area contributed by atoms with Crippen molar-refractivity contribution in [2.75, 3.05) is 32.8 Å². The molecule has 0 bridgehead atoms. The van der Waals surface area contributed by atoms with Gasteiger partial charge in [-0.05, 0) is 44.4 Å². The lowest BCUT2D eigenvalue weighted by Crippen LogP contribution is -2.54. The largest absolute Gasteiger partial charge is 0.377 e. The topological polar surface area (TPSA) is 42.0 Å². The van der Waals surface area contributed by atoms with Crippen molar-refractivity contribution in [1.29, 1.82) is 0 Å².